The lowest BCUT2D eigenvalue weighted by Crippen LogP contribution is -2.34. The molecule has 4 heteroatoms. The minimum atomic E-state index is 0.430. The van der Waals surface area contributed by atoms with E-state index in [-0.39, 0.29) is 0 Å². The molecule has 0 aliphatic carbocycles. The van der Waals surface area contributed by atoms with Crippen molar-refractivity contribution in [2.24, 2.45) is 0 Å². The number of ether oxygens (including phenoxy) is 1. The number of hydrogen-bond acceptors (Lipinski definition) is 3. The van der Waals surface area contributed by atoms with E-state index in [0.29, 0.717) is 12.0 Å². The van der Waals surface area contributed by atoms with E-state index in [0.717, 1.165) is 29.8 Å². The zero-order valence-corrected chi connectivity index (χ0v) is 19.4. The first kappa shape index (κ1) is 20.5. The average Bonchev–Trinajstić information content (AvgIpc) is 3.26. The van der Waals surface area contributed by atoms with Crippen LogP contribution in [0.3, 0.4) is 0 Å². The van der Waals surface area contributed by atoms with Gasteiger partial charge in [-0.05, 0) is 92.7 Å². The summed E-state index contributed by atoms with van der Waals surface area (Å²) in [7, 11) is 0. The quantitative estimate of drug-likeness (QED) is 0.484. The Morgan fingerprint density at radius 2 is 1.73 bits per heavy atom. The molecule has 0 bridgehead atoms. The maximum absolute atomic E-state index is 6.23. The number of hydrogen-bond donors (Lipinski definition) is 0. The van der Waals surface area contributed by atoms with Crippen LogP contribution in [-0.2, 0) is 0 Å². The molecule has 2 atom stereocenters. The van der Waals surface area contributed by atoms with E-state index in [1.165, 1.54) is 75.0 Å². The Bertz CT molecular complexity index is 847. The van der Waals surface area contributed by atoms with Gasteiger partial charge in [-0.2, -0.15) is 0 Å². The van der Waals surface area contributed by atoms with Crippen LogP contribution in [0.15, 0.2) is 46.9 Å². The van der Waals surface area contributed by atoms with Crippen molar-refractivity contribution in [1.29, 1.82) is 0 Å². The smallest absolute Gasteiger partial charge is 0.119 e. The molecule has 0 N–H and O–H groups in total. The van der Waals surface area contributed by atoms with Gasteiger partial charge in [0.1, 0.15) is 5.75 Å². The van der Waals surface area contributed by atoms with Gasteiger partial charge in [0.05, 0.1) is 6.61 Å². The molecule has 2 fully saturated rings. The summed E-state index contributed by atoms with van der Waals surface area (Å²) in [6.07, 6.45) is 7.84. The van der Waals surface area contributed by atoms with Crippen LogP contribution in [0.4, 0.5) is 0 Å². The maximum atomic E-state index is 6.23. The molecule has 0 radical (unpaired) electrons. The number of rotatable bonds is 6. The van der Waals surface area contributed by atoms with Crippen LogP contribution in [0.1, 0.15) is 67.2 Å². The fourth-order valence-electron chi connectivity index (χ4n) is 5.62. The molecule has 0 spiro atoms. The Morgan fingerprint density at radius 3 is 2.57 bits per heavy atom. The van der Waals surface area contributed by atoms with Gasteiger partial charge in [0.2, 0.25) is 0 Å². The third kappa shape index (κ3) is 4.46. The predicted molar refractivity (Wildman–Crippen MR) is 126 cm³/mol. The summed E-state index contributed by atoms with van der Waals surface area (Å²) in [6.45, 7) is 6.87. The summed E-state index contributed by atoms with van der Waals surface area (Å²) >= 11 is 3.59. The standard InChI is InChI=1S/C26H33BrN2O/c27-21-9-7-20(8-10-21)25-19-29-16-4-6-26(29)23-12-11-22(18-24(23)25)30-17-5-15-28-13-2-1-3-14-28/h7-12,18,25-26H,1-6,13-17,19H2/t25-,26+/m0/s1. The van der Waals surface area contributed by atoms with Crippen molar-refractivity contribution in [1.82, 2.24) is 9.80 Å². The van der Waals surface area contributed by atoms with Crippen LogP contribution >= 0.6 is 15.9 Å². The second-order valence-corrected chi connectivity index (χ2v) is 10.1. The normalized spacial score (nSPS) is 24.4. The molecular weight excluding hydrogens is 436 g/mol. The van der Waals surface area contributed by atoms with Crippen molar-refractivity contribution in [2.75, 3.05) is 39.3 Å². The van der Waals surface area contributed by atoms with Crippen molar-refractivity contribution in [3.8, 4) is 5.75 Å². The Labute approximate surface area is 189 Å². The summed E-state index contributed by atoms with van der Waals surface area (Å²) in [5, 5.41) is 0. The van der Waals surface area contributed by atoms with E-state index in [9.17, 15) is 0 Å². The van der Waals surface area contributed by atoms with Gasteiger partial charge in [0.15, 0.2) is 0 Å². The number of nitrogens with zero attached hydrogens (tertiary/aromatic N) is 2. The van der Waals surface area contributed by atoms with E-state index in [4.69, 9.17) is 4.74 Å². The summed E-state index contributed by atoms with van der Waals surface area (Å²) in [6, 6.07) is 16.4. The maximum Gasteiger partial charge on any atom is 0.119 e. The molecule has 2 saturated heterocycles. The molecule has 3 aliphatic heterocycles. The SMILES string of the molecule is Brc1ccc([C@@H]2CN3CCC[C@@H]3c3ccc(OCCCN4CCCCC4)cc32)cc1. The Hall–Kier alpha value is -1.36. The highest BCUT2D eigenvalue weighted by molar-refractivity contribution is 9.10. The van der Waals surface area contributed by atoms with Crippen LogP contribution < -0.4 is 4.74 Å². The fraction of sp³-hybridized carbons (Fsp3) is 0.538. The van der Waals surface area contributed by atoms with Gasteiger partial charge < -0.3 is 9.64 Å². The minimum absolute atomic E-state index is 0.430. The molecule has 2 aromatic rings. The monoisotopic (exact) mass is 468 g/mol. The molecule has 160 valence electrons. The van der Waals surface area contributed by atoms with Crippen LogP contribution in [-0.4, -0.2) is 49.1 Å². The molecule has 2 aromatic carbocycles. The first-order valence-electron chi connectivity index (χ1n) is 11.8. The molecule has 5 rings (SSSR count). The molecule has 0 unspecified atom stereocenters. The Balaban J connectivity index is 1.31. The molecule has 3 heterocycles. The van der Waals surface area contributed by atoms with Gasteiger partial charge in [0.25, 0.3) is 0 Å². The van der Waals surface area contributed by atoms with Gasteiger partial charge in [-0.3, -0.25) is 4.90 Å². The summed E-state index contributed by atoms with van der Waals surface area (Å²) < 4.78 is 7.38. The molecule has 3 aliphatic rings. The van der Waals surface area contributed by atoms with Crippen molar-refractivity contribution in [3.63, 3.8) is 0 Å². The highest BCUT2D eigenvalue weighted by Crippen LogP contribution is 2.45. The summed E-state index contributed by atoms with van der Waals surface area (Å²) in [5.74, 6) is 1.47. The number of likely N-dealkylation sites (tertiary alicyclic amines) is 1. The van der Waals surface area contributed by atoms with Crippen LogP contribution in [0, 0.1) is 0 Å². The van der Waals surface area contributed by atoms with Crippen molar-refractivity contribution in [3.05, 3.63) is 63.6 Å². The lowest BCUT2D eigenvalue weighted by Gasteiger charge is -2.37. The predicted octanol–water partition coefficient (Wildman–Crippen LogP) is 5.99. The zero-order chi connectivity index (χ0) is 20.3. The van der Waals surface area contributed by atoms with Gasteiger partial charge in [-0.15, -0.1) is 0 Å². The number of fused-ring (bicyclic) bond motifs is 3. The van der Waals surface area contributed by atoms with Crippen molar-refractivity contribution < 1.29 is 4.74 Å². The van der Waals surface area contributed by atoms with E-state index in [2.05, 4.69) is 68.2 Å². The van der Waals surface area contributed by atoms with Gasteiger partial charge in [0, 0.05) is 29.5 Å². The van der Waals surface area contributed by atoms with E-state index in [1.54, 1.807) is 0 Å². The minimum Gasteiger partial charge on any atom is -0.494 e. The third-order valence-corrected chi connectivity index (χ3v) is 7.71. The molecule has 3 nitrogen and oxygen atoms in total. The molecule has 30 heavy (non-hydrogen) atoms. The highest BCUT2D eigenvalue weighted by atomic mass is 79.9. The Kier molecular flexibility index (Phi) is 6.45. The number of benzene rings is 2. The zero-order valence-electron chi connectivity index (χ0n) is 17.9. The lowest BCUT2D eigenvalue weighted by atomic mass is 9.81. The second-order valence-electron chi connectivity index (χ2n) is 9.15. The summed E-state index contributed by atoms with van der Waals surface area (Å²) in [5.41, 5.74) is 4.41. The van der Waals surface area contributed by atoms with E-state index >= 15 is 0 Å². The van der Waals surface area contributed by atoms with Crippen LogP contribution in [0.5, 0.6) is 5.75 Å². The molecule has 0 amide bonds. The largest absolute Gasteiger partial charge is 0.494 e. The first-order chi connectivity index (χ1) is 14.8. The first-order valence-corrected chi connectivity index (χ1v) is 12.6. The van der Waals surface area contributed by atoms with Crippen LogP contribution in [0.25, 0.3) is 0 Å². The van der Waals surface area contributed by atoms with Gasteiger partial charge in [-0.1, -0.05) is 40.5 Å². The van der Waals surface area contributed by atoms with Crippen LogP contribution in [0.2, 0.25) is 0 Å². The average molecular weight is 469 g/mol. The Morgan fingerprint density at radius 1 is 0.900 bits per heavy atom. The topological polar surface area (TPSA) is 15.7 Å². The van der Waals surface area contributed by atoms with Crippen molar-refractivity contribution >= 4 is 15.9 Å². The van der Waals surface area contributed by atoms with E-state index in [1.807, 2.05) is 0 Å². The van der Waals surface area contributed by atoms with Gasteiger partial charge >= 0.3 is 0 Å². The fourth-order valence-corrected chi connectivity index (χ4v) is 5.88. The van der Waals surface area contributed by atoms with Gasteiger partial charge in [-0.25, -0.2) is 0 Å². The second kappa shape index (κ2) is 9.42. The lowest BCUT2D eigenvalue weighted by molar-refractivity contribution is 0.204. The summed E-state index contributed by atoms with van der Waals surface area (Å²) in [4.78, 5) is 5.28. The molecule has 0 aromatic heterocycles. The van der Waals surface area contributed by atoms with E-state index < -0.39 is 0 Å². The van der Waals surface area contributed by atoms with Crippen molar-refractivity contribution in [2.45, 2.75) is 50.5 Å². The molecular formula is C26H33BrN2O. The number of halogens is 1. The number of piperidine rings is 1. The molecule has 0 saturated carbocycles. The highest BCUT2D eigenvalue weighted by Gasteiger charge is 2.36. The third-order valence-electron chi connectivity index (χ3n) is 7.18.